The summed E-state index contributed by atoms with van der Waals surface area (Å²) in [5.41, 5.74) is -0.289. The highest BCUT2D eigenvalue weighted by atomic mass is 19.4. The van der Waals surface area contributed by atoms with Gasteiger partial charge in [0.1, 0.15) is 0 Å². The molecule has 0 bridgehead atoms. The van der Waals surface area contributed by atoms with E-state index in [-0.39, 0.29) is 11.6 Å². The molecule has 1 unspecified atom stereocenters. The molecule has 1 rings (SSSR count). The van der Waals surface area contributed by atoms with E-state index in [1.807, 2.05) is 0 Å². The summed E-state index contributed by atoms with van der Waals surface area (Å²) in [7, 11) is 0. The fourth-order valence-electron chi connectivity index (χ4n) is 1.64. The fourth-order valence-corrected chi connectivity index (χ4v) is 1.64. The Kier molecular flexibility index (Phi) is 4.75. The number of benzene rings is 1. The molecule has 0 saturated heterocycles. The van der Waals surface area contributed by atoms with Crippen molar-refractivity contribution in [3.05, 3.63) is 48.0 Å². The predicted octanol–water partition coefficient (Wildman–Crippen LogP) is 3.93. The normalized spacial score (nSPS) is 13.4. The molecule has 94 valence electrons. The topological polar surface area (TPSA) is 12.0 Å². The van der Waals surface area contributed by atoms with Crippen molar-refractivity contribution in [1.29, 1.82) is 0 Å². The first-order valence-corrected chi connectivity index (χ1v) is 5.47. The van der Waals surface area contributed by atoms with E-state index in [1.165, 1.54) is 12.1 Å². The van der Waals surface area contributed by atoms with Crippen LogP contribution in [0.5, 0.6) is 0 Å². The molecule has 0 aliphatic heterocycles. The standard InChI is InChI=1S/C13H16F3N/c1-3-4-9-17-10(2)11-7-5-6-8-12(11)13(14,15)16/h3,5-8,10,17H,1,4,9H2,2H3. The van der Waals surface area contributed by atoms with Crippen LogP contribution in [0, 0.1) is 0 Å². The summed E-state index contributed by atoms with van der Waals surface area (Å²) < 4.78 is 38.3. The van der Waals surface area contributed by atoms with Gasteiger partial charge in [-0.05, 0) is 31.5 Å². The molecule has 0 fully saturated rings. The number of alkyl halides is 3. The van der Waals surface area contributed by atoms with E-state index in [0.717, 1.165) is 12.5 Å². The Labute approximate surface area is 99.3 Å². The van der Waals surface area contributed by atoms with Crippen molar-refractivity contribution in [1.82, 2.24) is 5.32 Å². The van der Waals surface area contributed by atoms with Gasteiger partial charge in [0, 0.05) is 6.04 Å². The second-order valence-corrected chi connectivity index (χ2v) is 3.84. The van der Waals surface area contributed by atoms with Crippen LogP contribution in [0.25, 0.3) is 0 Å². The van der Waals surface area contributed by atoms with Gasteiger partial charge in [-0.15, -0.1) is 6.58 Å². The van der Waals surface area contributed by atoms with E-state index in [2.05, 4.69) is 11.9 Å². The molecule has 0 aliphatic rings. The molecule has 0 radical (unpaired) electrons. The van der Waals surface area contributed by atoms with Gasteiger partial charge < -0.3 is 5.32 Å². The highest BCUT2D eigenvalue weighted by molar-refractivity contribution is 5.32. The molecule has 0 aromatic heterocycles. The molecule has 1 atom stereocenters. The Morgan fingerprint density at radius 3 is 2.59 bits per heavy atom. The molecular formula is C13H16F3N. The van der Waals surface area contributed by atoms with Gasteiger partial charge in [-0.25, -0.2) is 0 Å². The van der Waals surface area contributed by atoms with Gasteiger partial charge in [-0.2, -0.15) is 13.2 Å². The van der Waals surface area contributed by atoms with Crippen LogP contribution in [0.1, 0.15) is 30.5 Å². The zero-order chi connectivity index (χ0) is 12.9. The highest BCUT2D eigenvalue weighted by Gasteiger charge is 2.33. The van der Waals surface area contributed by atoms with E-state index in [1.54, 1.807) is 19.1 Å². The van der Waals surface area contributed by atoms with Crippen molar-refractivity contribution in [2.75, 3.05) is 6.54 Å². The van der Waals surface area contributed by atoms with Crippen molar-refractivity contribution >= 4 is 0 Å². The van der Waals surface area contributed by atoms with E-state index in [9.17, 15) is 13.2 Å². The third kappa shape index (κ3) is 3.89. The summed E-state index contributed by atoms with van der Waals surface area (Å²) in [5.74, 6) is 0. The van der Waals surface area contributed by atoms with Crippen molar-refractivity contribution in [2.24, 2.45) is 0 Å². The first kappa shape index (κ1) is 13.8. The molecule has 4 heteroatoms. The van der Waals surface area contributed by atoms with Gasteiger partial charge in [0.05, 0.1) is 5.56 Å². The quantitative estimate of drug-likeness (QED) is 0.610. The van der Waals surface area contributed by atoms with Gasteiger partial charge in [-0.1, -0.05) is 24.3 Å². The smallest absolute Gasteiger partial charge is 0.310 e. The number of nitrogens with one attached hydrogen (secondary N) is 1. The summed E-state index contributed by atoms with van der Waals surface area (Å²) in [4.78, 5) is 0. The zero-order valence-electron chi connectivity index (χ0n) is 9.72. The van der Waals surface area contributed by atoms with E-state index >= 15 is 0 Å². The SMILES string of the molecule is C=CCCNC(C)c1ccccc1C(F)(F)F. The number of halogens is 3. The molecule has 1 aromatic carbocycles. The van der Waals surface area contributed by atoms with Crippen LogP contribution in [-0.2, 0) is 6.18 Å². The predicted molar refractivity (Wildman–Crippen MR) is 62.7 cm³/mol. The van der Waals surface area contributed by atoms with Gasteiger partial charge in [0.15, 0.2) is 0 Å². The van der Waals surface area contributed by atoms with Crippen molar-refractivity contribution < 1.29 is 13.2 Å². The van der Waals surface area contributed by atoms with Crippen LogP contribution in [0.2, 0.25) is 0 Å². The Balaban J connectivity index is 2.85. The minimum atomic E-state index is -4.30. The van der Waals surface area contributed by atoms with Gasteiger partial charge in [0.25, 0.3) is 0 Å². The van der Waals surface area contributed by atoms with Gasteiger partial charge in [0.2, 0.25) is 0 Å². The number of hydrogen-bond donors (Lipinski definition) is 1. The second kappa shape index (κ2) is 5.87. The monoisotopic (exact) mass is 243 g/mol. The lowest BCUT2D eigenvalue weighted by molar-refractivity contribution is -0.138. The Morgan fingerprint density at radius 1 is 1.35 bits per heavy atom. The van der Waals surface area contributed by atoms with Crippen LogP contribution in [0.15, 0.2) is 36.9 Å². The van der Waals surface area contributed by atoms with Crippen LogP contribution in [0.4, 0.5) is 13.2 Å². The van der Waals surface area contributed by atoms with Crippen molar-refractivity contribution in [2.45, 2.75) is 25.6 Å². The summed E-state index contributed by atoms with van der Waals surface area (Å²) in [5, 5.41) is 3.04. The minimum Gasteiger partial charge on any atom is -0.310 e. The van der Waals surface area contributed by atoms with Gasteiger partial charge >= 0.3 is 6.18 Å². The molecule has 17 heavy (non-hydrogen) atoms. The summed E-state index contributed by atoms with van der Waals surface area (Å²) in [6.45, 7) is 5.92. The maximum absolute atomic E-state index is 12.8. The average Bonchev–Trinajstić information content (AvgIpc) is 2.28. The number of rotatable bonds is 5. The summed E-state index contributed by atoms with van der Waals surface area (Å²) >= 11 is 0. The molecule has 0 spiro atoms. The molecule has 1 N–H and O–H groups in total. The molecule has 1 aromatic rings. The van der Waals surface area contributed by atoms with Crippen molar-refractivity contribution in [3.63, 3.8) is 0 Å². The number of hydrogen-bond acceptors (Lipinski definition) is 1. The Bertz CT molecular complexity index is 371. The Morgan fingerprint density at radius 2 is 2.00 bits per heavy atom. The minimum absolute atomic E-state index is 0.282. The van der Waals surface area contributed by atoms with E-state index < -0.39 is 11.7 Å². The molecule has 0 heterocycles. The largest absolute Gasteiger partial charge is 0.416 e. The molecule has 0 saturated carbocycles. The van der Waals surface area contributed by atoms with Crippen LogP contribution in [-0.4, -0.2) is 6.54 Å². The molecule has 0 amide bonds. The third-order valence-corrected chi connectivity index (χ3v) is 2.53. The van der Waals surface area contributed by atoms with E-state index in [4.69, 9.17) is 0 Å². The summed E-state index contributed by atoms with van der Waals surface area (Å²) in [6, 6.07) is 5.32. The maximum atomic E-state index is 12.8. The van der Waals surface area contributed by atoms with Gasteiger partial charge in [-0.3, -0.25) is 0 Å². The fraction of sp³-hybridized carbons (Fsp3) is 0.385. The lowest BCUT2D eigenvalue weighted by Gasteiger charge is -2.19. The first-order chi connectivity index (χ1) is 7.96. The Hall–Kier alpha value is -1.29. The average molecular weight is 243 g/mol. The second-order valence-electron chi connectivity index (χ2n) is 3.84. The molecule has 1 nitrogen and oxygen atoms in total. The highest BCUT2D eigenvalue weighted by Crippen LogP contribution is 2.34. The maximum Gasteiger partial charge on any atom is 0.416 e. The lowest BCUT2D eigenvalue weighted by Crippen LogP contribution is -2.22. The molecule has 0 aliphatic carbocycles. The first-order valence-electron chi connectivity index (χ1n) is 5.47. The van der Waals surface area contributed by atoms with E-state index in [0.29, 0.717) is 6.54 Å². The lowest BCUT2D eigenvalue weighted by atomic mass is 10.0. The summed E-state index contributed by atoms with van der Waals surface area (Å²) in [6.07, 6.45) is -1.83. The van der Waals surface area contributed by atoms with Crippen molar-refractivity contribution in [3.8, 4) is 0 Å². The van der Waals surface area contributed by atoms with Crippen LogP contribution >= 0.6 is 0 Å². The zero-order valence-corrected chi connectivity index (χ0v) is 9.72. The van der Waals surface area contributed by atoms with Crippen LogP contribution < -0.4 is 5.32 Å². The third-order valence-electron chi connectivity index (χ3n) is 2.53. The molecular weight excluding hydrogens is 227 g/mol. The van der Waals surface area contributed by atoms with Crippen LogP contribution in [0.3, 0.4) is 0 Å².